The van der Waals surface area contributed by atoms with Crippen LogP contribution in [0.3, 0.4) is 0 Å². The second-order valence-electron chi connectivity index (χ2n) is 3.43. The summed E-state index contributed by atoms with van der Waals surface area (Å²) >= 11 is 3.19. The molecule has 0 aliphatic rings. The summed E-state index contributed by atoms with van der Waals surface area (Å²) in [7, 11) is 0. The first-order valence-corrected chi connectivity index (χ1v) is 6.05. The predicted molar refractivity (Wildman–Crippen MR) is 64.3 cm³/mol. The van der Waals surface area contributed by atoms with Gasteiger partial charge in [-0.2, -0.15) is 0 Å². The van der Waals surface area contributed by atoms with Gasteiger partial charge in [0, 0.05) is 10.9 Å². The number of alkyl halides is 1. The number of halogens is 2. The molecular weight excluding hydrogens is 275 g/mol. The van der Waals surface area contributed by atoms with Gasteiger partial charge in [-0.3, -0.25) is 4.79 Å². The number of fused-ring (bicyclic) bond motifs is 1. The Kier molecular flexibility index (Phi) is 3.05. The third kappa shape index (κ3) is 1.75. The van der Waals surface area contributed by atoms with Crippen LogP contribution in [0.4, 0.5) is 4.39 Å². The lowest BCUT2D eigenvalue weighted by Gasteiger charge is -2.04. The van der Waals surface area contributed by atoms with Gasteiger partial charge in [-0.1, -0.05) is 28.9 Å². The summed E-state index contributed by atoms with van der Waals surface area (Å²) in [4.78, 5) is 18.2. The molecule has 0 atom stereocenters. The molecule has 84 valence electrons. The molecule has 0 fully saturated rings. The van der Waals surface area contributed by atoms with Crippen molar-refractivity contribution >= 4 is 27.0 Å². The van der Waals surface area contributed by atoms with Gasteiger partial charge in [-0.05, 0) is 12.5 Å². The van der Waals surface area contributed by atoms with Gasteiger partial charge >= 0.3 is 0 Å². The maximum Gasteiger partial charge on any atom is 0.270 e. The Bertz CT molecular complexity index is 594. The van der Waals surface area contributed by atoms with E-state index >= 15 is 0 Å². The molecule has 1 aromatic carbocycles. The first-order valence-electron chi connectivity index (χ1n) is 4.93. The lowest BCUT2D eigenvalue weighted by atomic mass is 10.2. The third-order valence-corrected chi connectivity index (χ3v) is 3.04. The lowest BCUT2D eigenvalue weighted by Crippen LogP contribution is -2.15. The second-order valence-corrected chi connectivity index (χ2v) is 3.99. The quantitative estimate of drug-likeness (QED) is 0.862. The fourth-order valence-electron chi connectivity index (χ4n) is 1.55. The highest BCUT2D eigenvalue weighted by atomic mass is 79.9. The van der Waals surface area contributed by atoms with Crippen molar-refractivity contribution in [3.05, 3.63) is 39.6 Å². The van der Waals surface area contributed by atoms with Crippen LogP contribution in [0, 0.1) is 5.82 Å². The monoisotopic (exact) mass is 284 g/mol. The largest absolute Gasteiger partial charge is 0.317 e. The Morgan fingerprint density at radius 1 is 1.50 bits per heavy atom. The molecule has 2 aromatic rings. The van der Waals surface area contributed by atoms with Gasteiger partial charge in [0.25, 0.3) is 5.56 Å². The van der Waals surface area contributed by atoms with Crippen LogP contribution in [0.2, 0.25) is 0 Å². The number of benzene rings is 1. The van der Waals surface area contributed by atoms with Crippen molar-refractivity contribution in [1.82, 2.24) is 9.97 Å². The Morgan fingerprint density at radius 2 is 2.25 bits per heavy atom. The minimum absolute atomic E-state index is 0.180. The summed E-state index contributed by atoms with van der Waals surface area (Å²) in [6.07, 6.45) is 0.535. The van der Waals surface area contributed by atoms with Crippen molar-refractivity contribution in [1.29, 1.82) is 0 Å². The van der Waals surface area contributed by atoms with Gasteiger partial charge in [-0.25, -0.2) is 9.37 Å². The lowest BCUT2D eigenvalue weighted by molar-refractivity contribution is 0.625. The van der Waals surface area contributed by atoms with E-state index in [9.17, 15) is 9.18 Å². The van der Waals surface area contributed by atoms with Crippen LogP contribution in [-0.2, 0) is 11.8 Å². The molecule has 3 nitrogen and oxygen atoms in total. The molecule has 0 aliphatic carbocycles. The summed E-state index contributed by atoms with van der Waals surface area (Å²) in [5, 5.41) is 0.409. The molecule has 0 radical (unpaired) electrons. The highest BCUT2D eigenvalue weighted by molar-refractivity contribution is 9.08. The van der Waals surface area contributed by atoms with Crippen molar-refractivity contribution in [3.63, 3.8) is 0 Å². The summed E-state index contributed by atoms with van der Waals surface area (Å²) in [5.74, 6) is -0.415. The summed E-state index contributed by atoms with van der Waals surface area (Å²) in [6.45, 7) is 1.84. The van der Waals surface area contributed by atoms with E-state index in [1.165, 1.54) is 0 Å². The molecule has 1 N–H and O–H groups in total. The number of hydrogen-bond donors (Lipinski definition) is 1. The van der Waals surface area contributed by atoms with Crippen molar-refractivity contribution < 1.29 is 4.39 Å². The average Bonchev–Trinajstić information content (AvgIpc) is 2.30. The van der Waals surface area contributed by atoms with Crippen LogP contribution in [-0.4, -0.2) is 9.97 Å². The molecule has 16 heavy (non-hydrogen) atoms. The van der Waals surface area contributed by atoms with Crippen LogP contribution in [0.1, 0.15) is 18.2 Å². The number of rotatable bonds is 2. The van der Waals surface area contributed by atoms with Gasteiger partial charge in [0.05, 0.1) is 5.52 Å². The highest BCUT2D eigenvalue weighted by Crippen LogP contribution is 2.18. The minimum atomic E-state index is -0.415. The first-order chi connectivity index (χ1) is 7.67. The van der Waals surface area contributed by atoms with Gasteiger partial charge in [0.1, 0.15) is 11.2 Å². The van der Waals surface area contributed by atoms with Crippen molar-refractivity contribution in [2.24, 2.45) is 0 Å². The van der Waals surface area contributed by atoms with Crippen LogP contribution < -0.4 is 5.56 Å². The molecular formula is C11H10BrFN2O. The summed E-state index contributed by atoms with van der Waals surface area (Å²) < 4.78 is 13.8. The topological polar surface area (TPSA) is 45.8 Å². The van der Waals surface area contributed by atoms with E-state index in [1.807, 2.05) is 6.92 Å². The van der Waals surface area contributed by atoms with Crippen LogP contribution in [0.15, 0.2) is 16.9 Å². The number of aryl methyl sites for hydroxylation is 1. The number of aromatic nitrogens is 2. The molecule has 1 heterocycles. The Morgan fingerprint density at radius 3 is 2.88 bits per heavy atom. The predicted octanol–water partition coefficient (Wildman–Crippen LogP) is 2.52. The first kappa shape index (κ1) is 11.3. The van der Waals surface area contributed by atoms with Gasteiger partial charge < -0.3 is 4.98 Å². The Hall–Kier alpha value is -1.23. The fourth-order valence-corrected chi connectivity index (χ4v) is 1.98. The maximum atomic E-state index is 13.8. The van der Waals surface area contributed by atoms with Crippen LogP contribution >= 0.6 is 15.9 Å². The molecule has 0 spiro atoms. The number of nitrogens with zero attached hydrogens (tertiary/aromatic N) is 1. The van der Waals surface area contributed by atoms with Crippen molar-refractivity contribution in [3.8, 4) is 0 Å². The van der Waals surface area contributed by atoms with E-state index in [1.54, 1.807) is 12.1 Å². The van der Waals surface area contributed by atoms with Crippen molar-refractivity contribution in [2.45, 2.75) is 18.7 Å². The molecule has 5 heteroatoms. The standard InChI is InChI=1S/C11H10BrFN2O/c1-2-7-11(16)15-10-8(14-7)4-3-6(5-12)9(10)13/h3-4H,2,5H2,1H3,(H,15,16). The normalized spacial score (nSPS) is 10.9. The molecule has 0 aliphatic heterocycles. The van der Waals surface area contributed by atoms with E-state index < -0.39 is 5.82 Å². The van der Waals surface area contributed by atoms with Crippen LogP contribution in [0.25, 0.3) is 11.0 Å². The molecule has 0 bridgehead atoms. The summed E-state index contributed by atoms with van der Waals surface area (Å²) in [6, 6.07) is 3.38. The number of H-pyrrole nitrogens is 1. The van der Waals surface area contributed by atoms with E-state index in [0.29, 0.717) is 28.5 Å². The number of hydrogen-bond acceptors (Lipinski definition) is 2. The molecule has 1 aromatic heterocycles. The van der Waals surface area contributed by atoms with E-state index in [2.05, 4.69) is 25.9 Å². The van der Waals surface area contributed by atoms with Gasteiger partial charge in [-0.15, -0.1) is 0 Å². The van der Waals surface area contributed by atoms with Gasteiger partial charge in [0.15, 0.2) is 5.82 Å². The number of nitrogens with one attached hydrogen (secondary N) is 1. The fraction of sp³-hybridized carbons (Fsp3) is 0.273. The van der Waals surface area contributed by atoms with E-state index in [-0.39, 0.29) is 11.1 Å². The second kappa shape index (κ2) is 4.33. The zero-order valence-electron chi connectivity index (χ0n) is 8.68. The zero-order valence-corrected chi connectivity index (χ0v) is 10.3. The smallest absolute Gasteiger partial charge is 0.270 e. The molecule has 0 saturated carbocycles. The maximum absolute atomic E-state index is 13.8. The molecule has 2 rings (SSSR count). The SMILES string of the molecule is CCc1nc2ccc(CBr)c(F)c2[nH]c1=O. The molecule has 0 unspecified atom stereocenters. The van der Waals surface area contributed by atoms with Crippen LogP contribution in [0.5, 0.6) is 0 Å². The third-order valence-electron chi connectivity index (χ3n) is 2.43. The average molecular weight is 285 g/mol. The van der Waals surface area contributed by atoms with Gasteiger partial charge in [0.2, 0.25) is 0 Å². The Labute approximate surface area is 99.8 Å². The molecule has 0 amide bonds. The highest BCUT2D eigenvalue weighted by Gasteiger charge is 2.10. The van der Waals surface area contributed by atoms with E-state index in [4.69, 9.17) is 0 Å². The minimum Gasteiger partial charge on any atom is -0.317 e. The number of aromatic amines is 1. The molecule has 0 saturated heterocycles. The summed E-state index contributed by atoms with van der Waals surface area (Å²) in [5.41, 5.74) is 1.28. The Balaban J connectivity index is 2.81. The zero-order chi connectivity index (χ0) is 11.7. The van der Waals surface area contributed by atoms with Crippen molar-refractivity contribution in [2.75, 3.05) is 0 Å². The van der Waals surface area contributed by atoms with E-state index in [0.717, 1.165) is 0 Å².